The minimum absolute atomic E-state index is 0.00335. The third-order valence-electron chi connectivity index (χ3n) is 3.36. The minimum Gasteiger partial charge on any atom is -0.496 e. The van der Waals surface area contributed by atoms with Gasteiger partial charge in [-0.1, -0.05) is 18.5 Å². The Morgan fingerprint density at radius 3 is 2.76 bits per heavy atom. The molecular formula is C13H16ClNO2. The second-order valence-electron chi connectivity index (χ2n) is 4.42. The molecule has 0 spiro atoms. The predicted molar refractivity (Wildman–Crippen MR) is 67.9 cm³/mol. The molecule has 1 aromatic carbocycles. The zero-order valence-electron chi connectivity index (χ0n) is 10.00. The van der Waals surface area contributed by atoms with Crippen LogP contribution in [0.1, 0.15) is 17.3 Å². The molecule has 0 radical (unpaired) electrons. The molecule has 1 saturated heterocycles. The monoisotopic (exact) mass is 253 g/mol. The summed E-state index contributed by atoms with van der Waals surface area (Å²) in [5, 5.41) is 3.74. The Hall–Kier alpha value is -1.06. The van der Waals surface area contributed by atoms with Crippen molar-refractivity contribution in [2.75, 3.05) is 20.2 Å². The molecule has 1 atom stereocenters. The van der Waals surface area contributed by atoms with E-state index in [-0.39, 0.29) is 11.7 Å². The fourth-order valence-electron chi connectivity index (χ4n) is 2.00. The van der Waals surface area contributed by atoms with Crippen LogP contribution in [0.25, 0.3) is 0 Å². The number of methoxy groups -OCH3 is 1. The summed E-state index contributed by atoms with van der Waals surface area (Å²) in [5.41, 5.74) is 0.583. The van der Waals surface area contributed by atoms with E-state index in [2.05, 4.69) is 5.32 Å². The Bertz CT molecular complexity index is 429. The van der Waals surface area contributed by atoms with Gasteiger partial charge in [0.1, 0.15) is 5.75 Å². The smallest absolute Gasteiger partial charge is 0.169 e. The van der Waals surface area contributed by atoms with Crippen molar-refractivity contribution in [1.82, 2.24) is 5.32 Å². The maximum atomic E-state index is 12.3. The summed E-state index contributed by atoms with van der Waals surface area (Å²) in [4.78, 5) is 12.3. The van der Waals surface area contributed by atoms with Gasteiger partial charge in [0.2, 0.25) is 0 Å². The summed E-state index contributed by atoms with van der Waals surface area (Å²) >= 11 is 5.93. The van der Waals surface area contributed by atoms with Crippen molar-refractivity contribution in [3.63, 3.8) is 0 Å². The largest absolute Gasteiger partial charge is 0.496 e. The van der Waals surface area contributed by atoms with Crippen LogP contribution in [-0.2, 0) is 0 Å². The maximum absolute atomic E-state index is 12.3. The average molecular weight is 254 g/mol. The molecule has 3 nitrogen and oxygen atoms in total. The normalized spacial score (nSPS) is 17.4. The number of carbonyl (C=O) groups excluding carboxylic acids is 1. The van der Waals surface area contributed by atoms with E-state index >= 15 is 0 Å². The highest BCUT2D eigenvalue weighted by atomic mass is 35.5. The summed E-state index contributed by atoms with van der Waals surface area (Å²) in [6.07, 6.45) is 0. The topological polar surface area (TPSA) is 38.3 Å². The van der Waals surface area contributed by atoms with Crippen molar-refractivity contribution in [1.29, 1.82) is 0 Å². The lowest BCUT2D eigenvalue weighted by molar-refractivity contribution is 0.0851. The molecule has 1 unspecified atom stereocenters. The number of ether oxygens (including phenoxy) is 1. The first-order valence-electron chi connectivity index (χ1n) is 5.72. The number of nitrogens with one attached hydrogen (secondary N) is 1. The predicted octanol–water partition coefficient (Wildman–Crippen LogP) is 2.39. The van der Waals surface area contributed by atoms with Gasteiger partial charge in [-0.3, -0.25) is 4.79 Å². The van der Waals surface area contributed by atoms with E-state index < -0.39 is 0 Å². The molecule has 1 fully saturated rings. The van der Waals surface area contributed by atoms with Crippen LogP contribution in [0.15, 0.2) is 18.2 Å². The first kappa shape index (κ1) is 12.4. The fourth-order valence-corrected chi connectivity index (χ4v) is 2.17. The van der Waals surface area contributed by atoms with Crippen LogP contribution in [0.3, 0.4) is 0 Å². The van der Waals surface area contributed by atoms with Crippen LogP contribution in [0, 0.1) is 11.8 Å². The van der Waals surface area contributed by atoms with Crippen LogP contribution >= 0.6 is 11.6 Å². The minimum atomic E-state index is 0.00335. The highest BCUT2D eigenvalue weighted by Crippen LogP contribution is 2.28. The van der Waals surface area contributed by atoms with E-state index in [1.54, 1.807) is 25.3 Å². The molecule has 1 heterocycles. The fraction of sp³-hybridized carbons (Fsp3) is 0.462. The highest BCUT2D eigenvalue weighted by molar-refractivity contribution is 6.31. The van der Waals surface area contributed by atoms with Gasteiger partial charge >= 0.3 is 0 Å². The number of halogens is 1. The van der Waals surface area contributed by atoms with Gasteiger partial charge < -0.3 is 10.1 Å². The van der Waals surface area contributed by atoms with Gasteiger partial charge in [0.25, 0.3) is 0 Å². The molecule has 1 aliphatic heterocycles. The van der Waals surface area contributed by atoms with Crippen molar-refractivity contribution >= 4 is 17.4 Å². The zero-order chi connectivity index (χ0) is 12.4. The number of ketones is 1. The third kappa shape index (κ3) is 2.45. The van der Waals surface area contributed by atoms with E-state index in [0.717, 1.165) is 13.1 Å². The number of Topliss-reactive ketones (excluding diaryl/α,β-unsaturated/α-hetero) is 1. The lowest BCUT2D eigenvalue weighted by Crippen LogP contribution is -2.47. The van der Waals surface area contributed by atoms with Crippen LogP contribution < -0.4 is 10.1 Å². The molecule has 1 N–H and O–H groups in total. The molecule has 0 saturated carbocycles. The Kier molecular flexibility index (Phi) is 3.69. The van der Waals surface area contributed by atoms with Crippen molar-refractivity contribution < 1.29 is 9.53 Å². The molecular weight excluding hydrogens is 238 g/mol. The average Bonchev–Trinajstić information content (AvgIpc) is 2.25. The van der Waals surface area contributed by atoms with E-state index in [1.165, 1.54) is 0 Å². The number of hydrogen-bond donors (Lipinski definition) is 1. The first-order chi connectivity index (χ1) is 8.13. The molecule has 0 aliphatic carbocycles. The van der Waals surface area contributed by atoms with Crippen molar-refractivity contribution in [3.8, 4) is 5.75 Å². The van der Waals surface area contributed by atoms with Crippen molar-refractivity contribution in [3.05, 3.63) is 28.8 Å². The quantitative estimate of drug-likeness (QED) is 0.838. The van der Waals surface area contributed by atoms with Gasteiger partial charge in [-0.25, -0.2) is 0 Å². The van der Waals surface area contributed by atoms with E-state index in [1.807, 2.05) is 6.92 Å². The number of hydrogen-bond acceptors (Lipinski definition) is 3. The molecule has 0 aromatic heterocycles. The molecule has 0 bridgehead atoms. The van der Waals surface area contributed by atoms with E-state index in [0.29, 0.717) is 22.3 Å². The molecule has 4 heteroatoms. The lowest BCUT2D eigenvalue weighted by atomic mass is 9.83. The highest BCUT2D eigenvalue weighted by Gasteiger charge is 2.30. The van der Waals surface area contributed by atoms with Gasteiger partial charge in [0.05, 0.1) is 12.7 Å². The zero-order valence-corrected chi connectivity index (χ0v) is 10.8. The lowest BCUT2D eigenvalue weighted by Gasteiger charge is -2.32. The third-order valence-corrected chi connectivity index (χ3v) is 3.60. The van der Waals surface area contributed by atoms with Crippen LogP contribution in [0.5, 0.6) is 5.75 Å². The van der Waals surface area contributed by atoms with Gasteiger partial charge in [-0.2, -0.15) is 0 Å². The Balaban J connectivity index is 2.25. The van der Waals surface area contributed by atoms with Crippen molar-refractivity contribution in [2.45, 2.75) is 6.92 Å². The Morgan fingerprint density at radius 1 is 1.53 bits per heavy atom. The first-order valence-corrected chi connectivity index (χ1v) is 6.09. The number of rotatable bonds is 4. The molecule has 17 heavy (non-hydrogen) atoms. The molecule has 2 rings (SSSR count). The van der Waals surface area contributed by atoms with E-state index in [4.69, 9.17) is 16.3 Å². The molecule has 0 amide bonds. The summed E-state index contributed by atoms with van der Waals surface area (Å²) < 4.78 is 5.21. The van der Waals surface area contributed by atoms with Crippen LogP contribution in [-0.4, -0.2) is 26.0 Å². The molecule has 92 valence electrons. The summed E-state index contributed by atoms with van der Waals surface area (Å²) in [5.74, 6) is 1.13. The standard InChI is InChI=1S/C13H16ClNO2/c1-8(9-6-15-7-9)13(16)11-5-10(14)3-4-12(11)17-2/h3-5,8-9,15H,6-7H2,1-2H3. The van der Waals surface area contributed by atoms with Gasteiger partial charge in [-0.05, 0) is 37.2 Å². The Labute approximate surface area is 106 Å². The number of benzene rings is 1. The summed E-state index contributed by atoms with van der Waals surface area (Å²) in [6.45, 7) is 3.79. The van der Waals surface area contributed by atoms with Gasteiger partial charge in [0, 0.05) is 10.9 Å². The van der Waals surface area contributed by atoms with Crippen molar-refractivity contribution in [2.24, 2.45) is 11.8 Å². The maximum Gasteiger partial charge on any atom is 0.169 e. The molecule has 1 aliphatic rings. The van der Waals surface area contributed by atoms with Crippen LogP contribution in [0.4, 0.5) is 0 Å². The Morgan fingerprint density at radius 2 is 2.24 bits per heavy atom. The summed E-state index contributed by atoms with van der Waals surface area (Å²) in [6, 6.07) is 5.15. The van der Waals surface area contributed by atoms with E-state index in [9.17, 15) is 4.79 Å². The second-order valence-corrected chi connectivity index (χ2v) is 4.85. The van der Waals surface area contributed by atoms with Crippen LogP contribution in [0.2, 0.25) is 5.02 Å². The SMILES string of the molecule is COc1ccc(Cl)cc1C(=O)C(C)C1CNC1. The van der Waals surface area contributed by atoms with Gasteiger partial charge in [0.15, 0.2) is 5.78 Å². The second kappa shape index (κ2) is 5.07. The molecule has 1 aromatic rings. The number of carbonyl (C=O) groups is 1. The van der Waals surface area contributed by atoms with Gasteiger partial charge in [-0.15, -0.1) is 0 Å². The summed E-state index contributed by atoms with van der Waals surface area (Å²) in [7, 11) is 1.57.